The third-order valence-electron chi connectivity index (χ3n) is 13.8. The minimum absolute atomic E-state index is 0.109. The number of cyclic esters (lactones) is 1. The van der Waals surface area contributed by atoms with Gasteiger partial charge in [0.25, 0.3) is 0 Å². The first-order valence-corrected chi connectivity index (χ1v) is 20.6. The Balaban J connectivity index is 1.64. The number of aliphatic hydroxyl groups excluding tert-OH is 1. The molecule has 18 atom stereocenters. The lowest BCUT2D eigenvalue weighted by atomic mass is 9.73. The largest absolute Gasteiger partial charge is 0.458 e. The molecule has 1 spiro atoms. The topological polar surface area (TPSA) is 204 Å². The lowest BCUT2D eigenvalue weighted by Gasteiger charge is -2.49. The van der Waals surface area contributed by atoms with Crippen molar-refractivity contribution in [3.05, 3.63) is 0 Å². The van der Waals surface area contributed by atoms with Gasteiger partial charge in [-0.15, -0.1) is 0 Å². The smallest absolute Gasteiger partial charge is 0.411 e. The maximum Gasteiger partial charge on any atom is 0.411 e. The van der Waals surface area contributed by atoms with Crippen LogP contribution in [-0.2, 0) is 57.0 Å². The van der Waals surface area contributed by atoms with Gasteiger partial charge in [-0.2, -0.15) is 0 Å². The number of hydrogen-bond acceptors (Lipinski definition) is 15. The number of esters is 1. The van der Waals surface area contributed by atoms with Crippen LogP contribution in [0.3, 0.4) is 0 Å². The van der Waals surface area contributed by atoms with Crippen molar-refractivity contribution in [2.24, 2.45) is 29.4 Å². The lowest BCUT2D eigenvalue weighted by molar-refractivity contribution is -0.313. The fraction of sp³-hybridized carbons (Fsp3) is 0.902. The zero-order valence-electron chi connectivity index (χ0n) is 36.1. The molecule has 3 N–H and O–H groups in total. The van der Waals surface area contributed by atoms with Crippen LogP contribution in [0, 0.1) is 23.7 Å². The van der Waals surface area contributed by atoms with Crippen molar-refractivity contribution < 1.29 is 66.9 Å². The van der Waals surface area contributed by atoms with Gasteiger partial charge in [0.15, 0.2) is 18.2 Å². The van der Waals surface area contributed by atoms with Gasteiger partial charge in [0.1, 0.15) is 35.0 Å². The van der Waals surface area contributed by atoms with Crippen LogP contribution in [0.5, 0.6) is 0 Å². The molecule has 0 saturated carbocycles. The SMILES string of the molecule is CC[C@H]1OC(=O)[C@H](C)[C@@H](O[C@H]2C[C@@](C)(OC)[C@@]3(CO3)[C@H](C)O2)[C@H](C)[C@@H](O[C@@H]2O[C@H](C)C[C@H](N)[C@H]2O)[C@@](C)(OC)C[C@@H](C)C(=O)[C@H](C)[C@H]2N(CC(C)=O)C(=O)O[C@]12C. The number of ketones is 2. The van der Waals surface area contributed by atoms with E-state index in [1.807, 2.05) is 34.6 Å². The molecule has 5 aliphatic heterocycles. The summed E-state index contributed by atoms with van der Waals surface area (Å²) < 4.78 is 57.0. The third kappa shape index (κ3) is 8.41. The molecule has 0 aromatic carbocycles. The maximum absolute atomic E-state index is 14.6. The molecule has 0 aliphatic carbocycles. The first-order valence-electron chi connectivity index (χ1n) is 20.6. The van der Waals surface area contributed by atoms with E-state index < -0.39 is 113 Å². The van der Waals surface area contributed by atoms with Crippen LogP contribution < -0.4 is 5.73 Å². The predicted octanol–water partition coefficient (Wildman–Crippen LogP) is 3.30. The summed E-state index contributed by atoms with van der Waals surface area (Å²) in [5, 5.41) is 11.3. The van der Waals surface area contributed by atoms with E-state index in [4.69, 9.17) is 48.4 Å². The Morgan fingerprint density at radius 3 is 2.18 bits per heavy atom. The molecule has 16 nitrogen and oxygen atoms in total. The molecule has 5 rings (SSSR count). The molecule has 5 heterocycles. The number of aliphatic hydroxyl groups is 1. The first kappa shape index (κ1) is 45.8. The van der Waals surface area contributed by atoms with Gasteiger partial charge in [0.05, 0.1) is 55.1 Å². The van der Waals surface area contributed by atoms with Gasteiger partial charge >= 0.3 is 12.1 Å². The Labute approximate surface area is 337 Å². The Morgan fingerprint density at radius 1 is 0.965 bits per heavy atom. The molecular weight excluding hydrogens is 744 g/mol. The number of hydrogen-bond donors (Lipinski definition) is 2. The Kier molecular flexibility index (Phi) is 13.7. The molecule has 0 bridgehead atoms. The van der Waals surface area contributed by atoms with E-state index >= 15 is 0 Å². The minimum Gasteiger partial charge on any atom is -0.458 e. The second-order valence-corrected chi connectivity index (χ2v) is 18.0. The van der Waals surface area contributed by atoms with Crippen molar-refractivity contribution in [3.8, 4) is 0 Å². The molecule has 16 heteroatoms. The lowest BCUT2D eigenvalue weighted by Crippen LogP contribution is -2.62. The average molecular weight is 813 g/mol. The molecule has 1 amide bonds. The van der Waals surface area contributed by atoms with E-state index in [1.54, 1.807) is 41.7 Å². The predicted molar refractivity (Wildman–Crippen MR) is 204 cm³/mol. The number of carbonyl (C=O) groups is 4. The van der Waals surface area contributed by atoms with Crippen molar-refractivity contribution in [2.45, 2.75) is 186 Å². The van der Waals surface area contributed by atoms with Gasteiger partial charge in [-0.05, 0) is 67.7 Å². The van der Waals surface area contributed by atoms with E-state index in [9.17, 15) is 24.3 Å². The molecule has 0 radical (unpaired) electrons. The Bertz CT molecular complexity index is 1490. The summed E-state index contributed by atoms with van der Waals surface area (Å²) in [5.74, 6) is -4.45. The molecule has 57 heavy (non-hydrogen) atoms. The van der Waals surface area contributed by atoms with Crippen molar-refractivity contribution in [3.63, 3.8) is 0 Å². The second-order valence-electron chi connectivity index (χ2n) is 18.0. The zero-order chi connectivity index (χ0) is 42.6. The van der Waals surface area contributed by atoms with Gasteiger partial charge in [0.2, 0.25) is 0 Å². The van der Waals surface area contributed by atoms with Crippen LogP contribution in [0.4, 0.5) is 4.79 Å². The average Bonchev–Trinajstić information content (AvgIpc) is 3.92. The summed E-state index contributed by atoms with van der Waals surface area (Å²) in [6.45, 7) is 19.5. The van der Waals surface area contributed by atoms with Gasteiger partial charge < -0.3 is 53.5 Å². The van der Waals surface area contributed by atoms with Gasteiger partial charge in [-0.1, -0.05) is 27.7 Å². The molecule has 5 aliphatic rings. The number of Topliss-reactive ketones (excluding diaryl/α,β-unsaturated/α-hetero) is 2. The zero-order valence-corrected chi connectivity index (χ0v) is 36.1. The van der Waals surface area contributed by atoms with Gasteiger partial charge in [-0.3, -0.25) is 19.3 Å². The molecule has 0 aromatic rings. The van der Waals surface area contributed by atoms with Gasteiger partial charge in [0, 0.05) is 44.4 Å². The normalized spacial score (nSPS) is 48.5. The van der Waals surface area contributed by atoms with Crippen LogP contribution in [0.2, 0.25) is 0 Å². The number of fused-ring (bicyclic) bond motifs is 1. The number of ether oxygens (including phenoxy) is 9. The maximum atomic E-state index is 14.6. The highest BCUT2D eigenvalue weighted by atomic mass is 16.7. The quantitative estimate of drug-likeness (QED) is 0.253. The highest BCUT2D eigenvalue weighted by Gasteiger charge is 2.68. The van der Waals surface area contributed by atoms with E-state index in [0.717, 1.165) is 0 Å². The van der Waals surface area contributed by atoms with E-state index in [-0.39, 0.29) is 43.5 Å². The van der Waals surface area contributed by atoms with Crippen LogP contribution in [0.1, 0.15) is 102 Å². The number of methoxy groups -OCH3 is 2. The van der Waals surface area contributed by atoms with Crippen molar-refractivity contribution in [1.29, 1.82) is 0 Å². The highest BCUT2D eigenvalue weighted by molar-refractivity contribution is 5.87. The molecule has 0 unspecified atom stereocenters. The minimum atomic E-state index is -1.50. The number of carbonyl (C=O) groups excluding carboxylic acids is 4. The Morgan fingerprint density at radius 2 is 1.61 bits per heavy atom. The standard InChI is InChI=1S/C41H68N2O14/c1-14-28-40(11)33(43(18-21(3)44)37(48)57-40)23(5)30(45)20(2)16-38(9,49-12)34(56-36-31(46)27(42)15-22(4)52-36)24(6)32(25(7)35(47)54-28)55-29-17-39(10,50-13)41(19-51-41)26(8)53-29/h20,22-29,31-34,36,46H,14-19,42H2,1-13H3/t20-,22-,23+,24+,25-,26+,27+,28-,29+,31-,32+,33-,34-,36+,38+,39-,40-,41-/m1/s1. The summed E-state index contributed by atoms with van der Waals surface area (Å²) >= 11 is 0. The summed E-state index contributed by atoms with van der Waals surface area (Å²) in [5.41, 5.74) is 2.14. The number of rotatable bonds is 9. The number of amides is 1. The van der Waals surface area contributed by atoms with Crippen LogP contribution in [0.25, 0.3) is 0 Å². The fourth-order valence-electron chi connectivity index (χ4n) is 10.2. The van der Waals surface area contributed by atoms with E-state index in [0.29, 0.717) is 13.0 Å². The number of nitrogens with two attached hydrogens (primary N) is 1. The molecular formula is C41H68N2O14. The molecule has 326 valence electrons. The first-order chi connectivity index (χ1) is 26.5. The summed E-state index contributed by atoms with van der Waals surface area (Å²) in [7, 11) is 3.13. The van der Waals surface area contributed by atoms with Crippen molar-refractivity contribution >= 4 is 23.6 Å². The number of epoxide rings is 1. The summed E-state index contributed by atoms with van der Waals surface area (Å²) in [6, 6.07) is -1.60. The molecule has 0 aromatic heterocycles. The molecule has 5 saturated heterocycles. The Hall–Kier alpha value is -2.28. The monoisotopic (exact) mass is 812 g/mol. The van der Waals surface area contributed by atoms with Crippen molar-refractivity contribution in [1.82, 2.24) is 4.90 Å². The summed E-state index contributed by atoms with van der Waals surface area (Å²) in [4.78, 5) is 56.6. The van der Waals surface area contributed by atoms with Crippen LogP contribution >= 0.6 is 0 Å². The summed E-state index contributed by atoms with van der Waals surface area (Å²) in [6.07, 6.45) is -6.77. The van der Waals surface area contributed by atoms with Gasteiger partial charge in [-0.25, -0.2) is 4.79 Å². The van der Waals surface area contributed by atoms with E-state index in [2.05, 4.69) is 0 Å². The highest BCUT2D eigenvalue weighted by Crippen LogP contribution is 2.51. The van der Waals surface area contributed by atoms with Crippen LogP contribution in [0.15, 0.2) is 0 Å². The third-order valence-corrected chi connectivity index (χ3v) is 13.8. The number of nitrogens with zero attached hydrogens (tertiary/aromatic N) is 1. The second kappa shape index (κ2) is 17.0. The molecule has 5 fully saturated rings. The van der Waals surface area contributed by atoms with Crippen molar-refractivity contribution in [2.75, 3.05) is 27.4 Å². The van der Waals surface area contributed by atoms with E-state index in [1.165, 1.54) is 18.9 Å². The fourth-order valence-corrected chi connectivity index (χ4v) is 10.2. The van der Waals surface area contributed by atoms with Crippen LogP contribution in [-0.4, -0.2) is 145 Å².